The standard InChI is InChI=1S/C14H20O5/c1-8(15)17-11-9-5-6-10(7-9)12(11)18-13(16)19-14(2,3)4/h5-6,9-12H,7H2,1-4H3. The minimum atomic E-state index is -0.712. The van der Waals surface area contributed by atoms with Gasteiger partial charge in [-0.15, -0.1) is 0 Å². The molecule has 0 amide bonds. The maximum absolute atomic E-state index is 11.7. The molecule has 0 heterocycles. The second-order valence-electron chi connectivity index (χ2n) is 6.07. The quantitative estimate of drug-likeness (QED) is 0.568. The normalized spacial score (nSPS) is 32.2. The van der Waals surface area contributed by atoms with Crippen LogP contribution < -0.4 is 0 Å². The van der Waals surface area contributed by atoms with Crippen LogP contribution in [0.1, 0.15) is 34.1 Å². The topological polar surface area (TPSA) is 61.8 Å². The molecule has 2 rings (SSSR count). The molecule has 0 aromatic heterocycles. The minimum Gasteiger partial charge on any atom is -0.458 e. The smallest absolute Gasteiger partial charge is 0.458 e. The molecule has 0 aromatic rings. The molecule has 0 spiro atoms. The van der Waals surface area contributed by atoms with Crippen molar-refractivity contribution in [2.24, 2.45) is 11.8 Å². The van der Waals surface area contributed by atoms with E-state index in [2.05, 4.69) is 0 Å². The summed E-state index contributed by atoms with van der Waals surface area (Å²) in [5.41, 5.74) is -0.596. The average Bonchev–Trinajstić information content (AvgIpc) is 2.77. The highest BCUT2D eigenvalue weighted by molar-refractivity contribution is 5.66. The van der Waals surface area contributed by atoms with Crippen molar-refractivity contribution in [3.05, 3.63) is 12.2 Å². The predicted octanol–water partition coefficient (Wildman–Crippen LogP) is 2.44. The van der Waals surface area contributed by atoms with Crippen molar-refractivity contribution < 1.29 is 23.8 Å². The summed E-state index contributed by atoms with van der Waals surface area (Å²) in [5, 5.41) is 0. The molecule has 4 unspecified atom stereocenters. The van der Waals surface area contributed by atoms with Crippen LogP contribution in [0.25, 0.3) is 0 Å². The van der Waals surface area contributed by atoms with Crippen LogP contribution in [0.2, 0.25) is 0 Å². The lowest BCUT2D eigenvalue weighted by Gasteiger charge is -2.28. The van der Waals surface area contributed by atoms with Crippen molar-refractivity contribution >= 4 is 12.1 Å². The fraction of sp³-hybridized carbons (Fsp3) is 0.714. The molecule has 1 fully saturated rings. The van der Waals surface area contributed by atoms with Crippen molar-refractivity contribution in [1.29, 1.82) is 0 Å². The van der Waals surface area contributed by atoms with E-state index in [0.717, 1.165) is 6.42 Å². The number of carbonyl (C=O) groups excluding carboxylic acids is 2. The van der Waals surface area contributed by atoms with E-state index in [1.54, 1.807) is 20.8 Å². The second kappa shape index (κ2) is 4.87. The minimum absolute atomic E-state index is 0.113. The number of rotatable bonds is 2. The monoisotopic (exact) mass is 268 g/mol. The molecule has 5 nitrogen and oxygen atoms in total. The zero-order chi connectivity index (χ0) is 14.2. The highest BCUT2D eigenvalue weighted by Gasteiger charge is 2.49. The first-order chi connectivity index (χ1) is 8.76. The van der Waals surface area contributed by atoms with Gasteiger partial charge < -0.3 is 14.2 Å². The van der Waals surface area contributed by atoms with Crippen molar-refractivity contribution in [3.8, 4) is 0 Å². The SMILES string of the molecule is CC(=O)OC1C2C=CC(C2)C1OC(=O)OC(C)(C)C. The van der Waals surface area contributed by atoms with E-state index < -0.39 is 17.9 Å². The van der Waals surface area contributed by atoms with Gasteiger partial charge in [0, 0.05) is 18.8 Å². The molecule has 2 bridgehead atoms. The highest BCUT2D eigenvalue weighted by atomic mass is 16.7. The average molecular weight is 268 g/mol. The number of fused-ring (bicyclic) bond motifs is 2. The van der Waals surface area contributed by atoms with E-state index in [1.807, 2.05) is 12.2 Å². The van der Waals surface area contributed by atoms with Crippen LogP contribution in [-0.4, -0.2) is 29.9 Å². The van der Waals surface area contributed by atoms with Gasteiger partial charge in [0.2, 0.25) is 0 Å². The van der Waals surface area contributed by atoms with Crippen molar-refractivity contribution in [2.45, 2.75) is 51.9 Å². The Balaban J connectivity index is 2.00. The zero-order valence-electron chi connectivity index (χ0n) is 11.7. The van der Waals surface area contributed by atoms with Gasteiger partial charge in [-0.25, -0.2) is 4.79 Å². The summed E-state index contributed by atoms with van der Waals surface area (Å²) in [7, 11) is 0. The molecule has 2 aliphatic rings. The van der Waals surface area contributed by atoms with E-state index in [9.17, 15) is 9.59 Å². The molecule has 0 aliphatic heterocycles. The van der Waals surface area contributed by atoms with Gasteiger partial charge in [0.05, 0.1) is 0 Å². The Bertz CT molecular complexity index is 407. The number of hydrogen-bond donors (Lipinski definition) is 0. The van der Waals surface area contributed by atoms with Gasteiger partial charge in [-0.1, -0.05) is 12.2 Å². The molecule has 2 aliphatic carbocycles. The number of ether oxygens (including phenoxy) is 3. The third kappa shape index (κ3) is 3.28. The van der Waals surface area contributed by atoms with E-state index in [-0.39, 0.29) is 23.9 Å². The first-order valence-corrected chi connectivity index (χ1v) is 6.51. The molecule has 19 heavy (non-hydrogen) atoms. The largest absolute Gasteiger partial charge is 0.509 e. The van der Waals surface area contributed by atoms with Gasteiger partial charge in [0.25, 0.3) is 0 Å². The summed E-state index contributed by atoms with van der Waals surface area (Å²) in [6.07, 6.45) is 3.35. The molecule has 0 N–H and O–H groups in total. The molecule has 0 saturated heterocycles. The molecule has 106 valence electrons. The van der Waals surface area contributed by atoms with Crippen LogP contribution in [0.3, 0.4) is 0 Å². The summed E-state index contributed by atoms with van der Waals surface area (Å²) in [6.45, 7) is 6.69. The molecule has 4 atom stereocenters. The van der Waals surface area contributed by atoms with Gasteiger partial charge in [0.1, 0.15) is 17.8 Å². The Labute approximate surface area is 112 Å². The maximum Gasteiger partial charge on any atom is 0.509 e. The molecule has 1 saturated carbocycles. The van der Waals surface area contributed by atoms with E-state index in [4.69, 9.17) is 14.2 Å². The fourth-order valence-electron chi connectivity index (χ4n) is 2.62. The highest BCUT2D eigenvalue weighted by Crippen LogP contribution is 2.43. The number of carbonyl (C=O) groups is 2. The summed E-state index contributed by atoms with van der Waals surface area (Å²) < 4.78 is 15.7. The maximum atomic E-state index is 11.7. The Kier molecular flexibility index (Phi) is 3.56. The Hall–Kier alpha value is -1.52. The second-order valence-corrected chi connectivity index (χ2v) is 6.07. The van der Waals surface area contributed by atoms with E-state index >= 15 is 0 Å². The molecule has 0 aromatic carbocycles. The van der Waals surface area contributed by atoms with Gasteiger partial charge in [-0.05, 0) is 27.2 Å². The van der Waals surface area contributed by atoms with Crippen LogP contribution >= 0.6 is 0 Å². The summed E-state index contributed by atoms with van der Waals surface area (Å²) in [4.78, 5) is 22.8. The first kappa shape index (κ1) is 13.9. The predicted molar refractivity (Wildman–Crippen MR) is 67.4 cm³/mol. The van der Waals surface area contributed by atoms with Crippen molar-refractivity contribution in [1.82, 2.24) is 0 Å². The van der Waals surface area contributed by atoms with Gasteiger partial charge in [-0.3, -0.25) is 4.79 Å². The lowest BCUT2D eigenvalue weighted by molar-refractivity contribution is -0.155. The molecule has 0 radical (unpaired) electrons. The van der Waals surface area contributed by atoms with Crippen LogP contribution in [0.15, 0.2) is 12.2 Å². The van der Waals surface area contributed by atoms with Crippen molar-refractivity contribution in [3.63, 3.8) is 0 Å². The lowest BCUT2D eigenvalue weighted by atomic mass is 10.0. The third-order valence-electron chi connectivity index (χ3n) is 3.24. The van der Waals surface area contributed by atoms with E-state index in [0.29, 0.717) is 0 Å². The summed E-state index contributed by atoms with van der Waals surface area (Å²) >= 11 is 0. The lowest BCUT2D eigenvalue weighted by Crippen LogP contribution is -2.39. The van der Waals surface area contributed by atoms with Crippen LogP contribution in [0.5, 0.6) is 0 Å². The van der Waals surface area contributed by atoms with Gasteiger partial charge >= 0.3 is 12.1 Å². The summed E-state index contributed by atoms with van der Waals surface area (Å²) in [6, 6.07) is 0. The molecule has 5 heteroatoms. The molecular weight excluding hydrogens is 248 g/mol. The van der Waals surface area contributed by atoms with Crippen molar-refractivity contribution in [2.75, 3.05) is 0 Å². The zero-order valence-corrected chi connectivity index (χ0v) is 11.7. The van der Waals surface area contributed by atoms with Gasteiger partial charge in [-0.2, -0.15) is 0 Å². The molecular formula is C14H20O5. The Morgan fingerprint density at radius 2 is 1.58 bits per heavy atom. The fourth-order valence-corrected chi connectivity index (χ4v) is 2.62. The van der Waals surface area contributed by atoms with Crippen LogP contribution in [0, 0.1) is 11.8 Å². The van der Waals surface area contributed by atoms with Crippen LogP contribution in [-0.2, 0) is 19.0 Å². The number of esters is 1. The van der Waals surface area contributed by atoms with Crippen LogP contribution in [0.4, 0.5) is 4.79 Å². The Morgan fingerprint density at radius 3 is 2.05 bits per heavy atom. The first-order valence-electron chi connectivity index (χ1n) is 6.51. The third-order valence-corrected chi connectivity index (χ3v) is 3.24. The van der Waals surface area contributed by atoms with Gasteiger partial charge in [0.15, 0.2) is 0 Å². The Morgan fingerprint density at radius 1 is 1.05 bits per heavy atom. The van der Waals surface area contributed by atoms with E-state index in [1.165, 1.54) is 6.92 Å². The summed E-state index contributed by atoms with van der Waals surface area (Å²) in [5.74, 6) is -0.105. The number of hydrogen-bond acceptors (Lipinski definition) is 5.